The number of hydrogen-bond donors (Lipinski definition) is 0. The van der Waals surface area contributed by atoms with E-state index < -0.39 is 0 Å². The molecule has 1 aromatic rings. The van der Waals surface area contributed by atoms with E-state index >= 15 is 0 Å². The van der Waals surface area contributed by atoms with Gasteiger partial charge in [0.05, 0.1) is 12.0 Å². The van der Waals surface area contributed by atoms with Gasteiger partial charge >= 0.3 is 0 Å². The van der Waals surface area contributed by atoms with Gasteiger partial charge in [0, 0.05) is 12.4 Å². The SMILES string of the molecule is Cc1ncn(CC=CCCl)c(=O)c1Br. The highest BCUT2D eigenvalue weighted by Crippen LogP contribution is 2.05. The Labute approximate surface area is 95.5 Å². The molecule has 0 atom stereocenters. The quantitative estimate of drug-likeness (QED) is 0.626. The van der Waals surface area contributed by atoms with Gasteiger partial charge in [-0.05, 0) is 22.9 Å². The highest BCUT2D eigenvalue weighted by Gasteiger charge is 2.03. The van der Waals surface area contributed by atoms with Crippen LogP contribution in [0, 0.1) is 6.92 Å². The van der Waals surface area contributed by atoms with Crippen molar-refractivity contribution < 1.29 is 0 Å². The molecule has 76 valence electrons. The number of allylic oxidation sites excluding steroid dienone is 2. The second-order valence-electron chi connectivity index (χ2n) is 2.73. The normalized spacial score (nSPS) is 11.1. The molecule has 0 unspecified atom stereocenters. The zero-order valence-corrected chi connectivity index (χ0v) is 10.0. The molecule has 0 aromatic carbocycles. The van der Waals surface area contributed by atoms with Crippen LogP contribution < -0.4 is 5.56 Å². The maximum absolute atomic E-state index is 11.6. The van der Waals surface area contributed by atoms with Crippen LogP contribution in [-0.2, 0) is 6.54 Å². The van der Waals surface area contributed by atoms with Crippen molar-refractivity contribution in [1.29, 1.82) is 0 Å². The first-order chi connectivity index (χ1) is 6.66. The Morgan fingerprint density at radius 3 is 3.00 bits per heavy atom. The van der Waals surface area contributed by atoms with E-state index in [-0.39, 0.29) is 5.56 Å². The lowest BCUT2D eigenvalue weighted by molar-refractivity contribution is 0.739. The van der Waals surface area contributed by atoms with Gasteiger partial charge in [0.2, 0.25) is 0 Å². The van der Waals surface area contributed by atoms with Crippen LogP contribution in [0.4, 0.5) is 0 Å². The van der Waals surface area contributed by atoms with Crippen molar-refractivity contribution in [2.24, 2.45) is 0 Å². The monoisotopic (exact) mass is 276 g/mol. The van der Waals surface area contributed by atoms with E-state index in [0.717, 1.165) is 0 Å². The van der Waals surface area contributed by atoms with Crippen LogP contribution in [0.1, 0.15) is 5.69 Å². The van der Waals surface area contributed by atoms with Crippen LogP contribution in [-0.4, -0.2) is 15.4 Å². The van der Waals surface area contributed by atoms with E-state index in [4.69, 9.17) is 11.6 Å². The fourth-order valence-electron chi connectivity index (χ4n) is 0.927. The highest BCUT2D eigenvalue weighted by molar-refractivity contribution is 9.10. The number of rotatable bonds is 3. The van der Waals surface area contributed by atoms with E-state index in [1.165, 1.54) is 10.9 Å². The minimum Gasteiger partial charge on any atom is -0.294 e. The summed E-state index contributed by atoms with van der Waals surface area (Å²) in [4.78, 5) is 15.7. The summed E-state index contributed by atoms with van der Waals surface area (Å²) in [5, 5.41) is 0. The largest absolute Gasteiger partial charge is 0.294 e. The predicted molar refractivity (Wildman–Crippen MR) is 60.8 cm³/mol. The van der Waals surface area contributed by atoms with Crippen molar-refractivity contribution >= 4 is 27.5 Å². The minimum atomic E-state index is -0.0725. The van der Waals surface area contributed by atoms with Gasteiger partial charge in [-0.3, -0.25) is 9.36 Å². The third kappa shape index (κ3) is 2.69. The summed E-state index contributed by atoms with van der Waals surface area (Å²) >= 11 is 8.66. The third-order valence-corrected chi connectivity index (χ3v) is 2.81. The molecular weight excluding hydrogens is 267 g/mol. The molecular formula is C9H10BrClN2O. The molecule has 1 rings (SSSR count). The molecule has 14 heavy (non-hydrogen) atoms. The van der Waals surface area contributed by atoms with Gasteiger partial charge in [-0.25, -0.2) is 4.98 Å². The number of nitrogens with zero attached hydrogens (tertiary/aromatic N) is 2. The lowest BCUT2D eigenvalue weighted by atomic mass is 10.4. The fourth-order valence-corrected chi connectivity index (χ4v) is 1.38. The van der Waals surface area contributed by atoms with E-state index in [2.05, 4.69) is 20.9 Å². The van der Waals surface area contributed by atoms with E-state index in [1.807, 2.05) is 6.08 Å². The summed E-state index contributed by atoms with van der Waals surface area (Å²) in [5.41, 5.74) is 0.629. The molecule has 0 radical (unpaired) electrons. The van der Waals surface area contributed by atoms with Crippen LogP contribution >= 0.6 is 27.5 Å². The summed E-state index contributed by atoms with van der Waals surface area (Å²) in [6.45, 7) is 2.28. The number of aryl methyl sites for hydroxylation is 1. The average Bonchev–Trinajstić information content (AvgIpc) is 2.18. The highest BCUT2D eigenvalue weighted by atomic mass is 79.9. The number of aromatic nitrogens is 2. The van der Waals surface area contributed by atoms with Crippen molar-refractivity contribution in [3.8, 4) is 0 Å². The third-order valence-electron chi connectivity index (χ3n) is 1.71. The van der Waals surface area contributed by atoms with Crippen molar-refractivity contribution in [1.82, 2.24) is 9.55 Å². The standard InChI is InChI=1S/C9H10BrClN2O/c1-7-8(10)9(14)13(6-12-7)5-3-2-4-11/h2-3,6H,4-5H2,1H3. The Balaban J connectivity index is 2.95. The van der Waals surface area contributed by atoms with Crippen LogP contribution in [0.2, 0.25) is 0 Å². The Hall–Kier alpha value is -0.610. The molecule has 1 heterocycles. The van der Waals surface area contributed by atoms with Gasteiger partial charge < -0.3 is 0 Å². The Kier molecular flexibility index (Phi) is 4.35. The van der Waals surface area contributed by atoms with E-state index in [0.29, 0.717) is 22.6 Å². The van der Waals surface area contributed by atoms with Gasteiger partial charge in [-0.15, -0.1) is 11.6 Å². The zero-order valence-electron chi connectivity index (χ0n) is 7.70. The molecule has 0 aliphatic heterocycles. The molecule has 0 amide bonds. The van der Waals surface area contributed by atoms with Gasteiger partial charge in [0.15, 0.2) is 0 Å². The maximum atomic E-state index is 11.6. The van der Waals surface area contributed by atoms with Crippen molar-refractivity contribution in [2.45, 2.75) is 13.5 Å². The molecule has 0 N–H and O–H groups in total. The summed E-state index contributed by atoms with van der Waals surface area (Å²) in [5.74, 6) is 0.454. The van der Waals surface area contributed by atoms with E-state index in [9.17, 15) is 4.79 Å². The van der Waals surface area contributed by atoms with Crippen LogP contribution in [0.5, 0.6) is 0 Å². The first-order valence-corrected chi connectivity index (χ1v) is 5.42. The maximum Gasteiger partial charge on any atom is 0.268 e. The molecule has 5 heteroatoms. The predicted octanol–water partition coefficient (Wildman–Crippen LogP) is 2.11. The topological polar surface area (TPSA) is 34.9 Å². The van der Waals surface area contributed by atoms with Crippen LogP contribution in [0.3, 0.4) is 0 Å². The minimum absolute atomic E-state index is 0.0725. The molecule has 1 aromatic heterocycles. The Bertz CT molecular complexity index is 400. The summed E-state index contributed by atoms with van der Waals surface area (Å²) < 4.78 is 2.03. The first-order valence-electron chi connectivity index (χ1n) is 4.09. The number of alkyl halides is 1. The molecule has 0 saturated heterocycles. The number of halogens is 2. The summed E-state index contributed by atoms with van der Waals surface area (Å²) in [7, 11) is 0. The molecule has 3 nitrogen and oxygen atoms in total. The molecule has 0 saturated carbocycles. The second kappa shape index (κ2) is 5.32. The smallest absolute Gasteiger partial charge is 0.268 e. The Morgan fingerprint density at radius 1 is 1.64 bits per heavy atom. The summed E-state index contributed by atoms with van der Waals surface area (Å²) in [6.07, 6.45) is 5.15. The molecule has 0 spiro atoms. The summed E-state index contributed by atoms with van der Waals surface area (Å²) in [6, 6.07) is 0. The van der Waals surface area contributed by atoms with Crippen molar-refractivity contribution in [3.05, 3.63) is 39.0 Å². The van der Waals surface area contributed by atoms with E-state index in [1.54, 1.807) is 13.0 Å². The second-order valence-corrected chi connectivity index (χ2v) is 3.83. The van der Waals surface area contributed by atoms with Gasteiger partial charge in [0.25, 0.3) is 5.56 Å². The molecule has 0 aliphatic carbocycles. The van der Waals surface area contributed by atoms with Gasteiger partial charge in [-0.1, -0.05) is 12.2 Å². The van der Waals surface area contributed by atoms with Gasteiger partial charge in [-0.2, -0.15) is 0 Å². The lowest BCUT2D eigenvalue weighted by Gasteiger charge is -2.02. The fraction of sp³-hybridized carbons (Fsp3) is 0.333. The van der Waals surface area contributed by atoms with Gasteiger partial charge in [0.1, 0.15) is 4.47 Å². The van der Waals surface area contributed by atoms with Crippen molar-refractivity contribution in [2.75, 3.05) is 5.88 Å². The van der Waals surface area contributed by atoms with Crippen molar-refractivity contribution in [3.63, 3.8) is 0 Å². The van der Waals surface area contributed by atoms with Crippen LogP contribution in [0.15, 0.2) is 27.7 Å². The molecule has 0 aliphatic rings. The molecule has 0 bridgehead atoms. The lowest BCUT2D eigenvalue weighted by Crippen LogP contribution is -2.21. The first kappa shape index (κ1) is 11.5. The average molecular weight is 278 g/mol. The Morgan fingerprint density at radius 2 is 2.36 bits per heavy atom. The number of hydrogen-bond acceptors (Lipinski definition) is 2. The molecule has 0 fully saturated rings. The van der Waals surface area contributed by atoms with Crippen LogP contribution in [0.25, 0.3) is 0 Å². The zero-order chi connectivity index (χ0) is 10.6.